The summed E-state index contributed by atoms with van der Waals surface area (Å²) in [6.07, 6.45) is 1.73. The van der Waals surface area contributed by atoms with Gasteiger partial charge >= 0.3 is 0 Å². The van der Waals surface area contributed by atoms with Gasteiger partial charge < -0.3 is 9.84 Å². The molecule has 1 aliphatic rings. The monoisotopic (exact) mass is 305 g/mol. The molecule has 7 heteroatoms. The number of aliphatic hydroxyl groups is 1. The van der Waals surface area contributed by atoms with Gasteiger partial charge in [-0.15, -0.1) is 0 Å². The van der Waals surface area contributed by atoms with E-state index in [9.17, 15) is 13.5 Å². The van der Waals surface area contributed by atoms with E-state index in [1.165, 1.54) is 23.5 Å². The normalized spacial score (nSPS) is 15.8. The molecule has 0 aromatic heterocycles. The Bertz CT molecular complexity index is 584. The van der Waals surface area contributed by atoms with Crippen LogP contribution in [0.25, 0.3) is 0 Å². The third-order valence-electron chi connectivity index (χ3n) is 3.19. The fraction of sp³-hybridized carbons (Fsp3) is 0.500. The molecule has 1 fully saturated rings. The summed E-state index contributed by atoms with van der Waals surface area (Å²) in [5.41, 5.74) is 0.359. The van der Waals surface area contributed by atoms with Crippen molar-refractivity contribution in [3.05, 3.63) is 22.7 Å². The Morgan fingerprint density at radius 1 is 1.47 bits per heavy atom. The molecule has 5 nitrogen and oxygen atoms in total. The minimum Gasteiger partial charge on any atom is -0.495 e. The predicted molar refractivity (Wildman–Crippen MR) is 71.9 cm³/mol. The highest BCUT2D eigenvalue weighted by molar-refractivity contribution is 7.89. The van der Waals surface area contributed by atoms with E-state index >= 15 is 0 Å². The van der Waals surface area contributed by atoms with Gasteiger partial charge in [-0.25, -0.2) is 8.42 Å². The number of benzene rings is 1. The summed E-state index contributed by atoms with van der Waals surface area (Å²) in [6, 6.07) is 2.90. The SMILES string of the molecule is COc1c(CO)cc(Cl)cc1S(=O)(=O)N(C)C1CC1. The lowest BCUT2D eigenvalue weighted by molar-refractivity contribution is 0.272. The number of ether oxygens (including phenoxy) is 1. The van der Waals surface area contributed by atoms with E-state index in [2.05, 4.69) is 0 Å². The van der Waals surface area contributed by atoms with Gasteiger partial charge in [-0.05, 0) is 25.0 Å². The van der Waals surface area contributed by atoms with Gasteiger partial charge in [-0.1, -0.05) is 11.6 Å². The van der Waals surface area contributed by atoms with Crippen LogP contribution in [0.15, 0.2) is 17.0 Å². The van der Waals surface area contributed by atoms with E-state index in [-0.39, 0.29) is 28.3 Å². The van der Waals surface area contributed by atoms with Crippen LogP contribution in [0.2, 0.25) is 5.02 Å². The summed E-state index contributed by atoms with van der Waals surface area (Å²) >= 11 is 5.91. The van der Waals surface area contributed by atoms with Crippen LogP contribution in [0.4, 0.5) is 0 Å². The van der Waals surface area contributed by atoms with Crippen LogP contribution in [-0.4, -0.2) is 38.0 Å². The predicted octanol–water partition coefficient (Wildman–Crippen LogP) is 1.62. The summed E-state index contributed by atoms with van der Waals surface area (Å²) in [6.45, 7) is -0.334. The lowest BCUT2D eigenvalue weighted by atomic mass is 10.2. The van der Waals surface area contributed by atoms with E-state index in [1.54, 1.807) is 7.05 Å². The van der Waals surface area contributed by atoms with E-state index in [4.69, 9.17) is 16.3 Å². The third kappa shape index (κ3) is 2.72. The van der Waals surface area contributed by atoms with Gasteiger partial charge in [0.1, 0.15) is 10.6 Å². The topological polar surface area (TPSA) is 66.8 Å². The molecule has 0 spiro atoms. The van der Waals surface area contributed by atoms with Crippen LogP contribution >= 0.6 is 11.6 Å². The highest BCUT2D eigenvalue weighted by atomic mass is 35.5. The lowest BCUT2D eigenvalue weighted by Gasteiger charge is -2.20. The highest BCUT2D eigenvalue weighted by Crippen LogP contribution is 2.37. The summed E-state index contributed by atoms with van der Waals surface area (Å²) < 4.78 is 31.5. The van der Waals surface area contributed by atoms with Crippen molar-refractivity contribution in [3.8, 4) is 5.75 Å². The zero-order valence-electron chi connectivity index (χ0n) is 10.8. The number of methoxy groups -OCH3 is 1. The number of sulfonamides is 1. The van der Waals surface area contributed by atoms with Gasteiger partial charge in [0.2, 0.25) is 10.0 Å². The van der Waals surface area contributed by atoms with E-state index in [1.807, 2.05) is 0 Å². The van der Waals surface area contributed by atoms with Crippen LogP contribution in [0.3, 0.4) is 0 Å². The Morgan fingerprint density at radius 3 is 2.58 bits per heavy atom. The maximum Gasteiger partial charge on any atom is 0.246 e. The number of nitrogens with zero attached hydrogens (tertiary/aromatic N) is 1. The summed E-state index contributed by atoms with van der Waals surface area (Å²) in [5, 5.41) is 9.53. The highest BCUT2D eigenvalue weighted by Gasteiger charge is 2.37. The molecular weight excluding hydrogens is 290 g/mol. The van der Waals surface area contributed by atoms with Crippen molar-refractivity contribution < 1.29 is 18.3 Å². The van der Waals surface area contributed by atoms with Crippen LogP contribution in [0.5, 0.6) is 5.75 Å². The van der Waals surface area contributed by atoms with Crippen LogP contribution in [0, 0.1) is 0 Å². The van der Waals surface area contributed by atoms with Gasteiger partial charge in [0.05, 0.1) is 13.7 Å². The first-order valence-corrected chi connectivity index (χ1v) is 7.69. The zero-order valence-corrected chi connectivity index (χ0v) is 12.3. The maximum atomic E-state index is 12.5. The number of hydrogen-bond donors (Lipinski definition) is 1. The van der Waals surface area contributed by atoms with Crippen molar-refractivity contribution in [1.82, 2.24) is 4.31 Å². The van der Waals surface area contributed by atoms with Gasteiger partial charge in [-0.3, -0.25) is 0 Å². The van der Waals surface area contributed by atoms with Crippen molar-refractivity contribution in [3.63, 3.8) is 0 Å². The average molecular weight is 306 g/mol. The van der Waals surface area contributed by atoms with Crippen LogP contribution in [0.1, 0.15) is 18.4 Å². The fourth-order valence-corrected chi connectivity index (χ4v) is 3.90. The quantitative estimate of drug-likeness (QED) is 0.898. The summed E-state index contributed by atoms with van der Waals surface area (Å²) in [4.78, 5) is 0.000880. The Kier molecular flexibility index (Phi) is 4.06. The van der Waals surface area contributed by atoms with E-state index < -0.39 is 10.0 Å². The van der Waals surface area contributed by atoms with Gasteiger partial charge in [-0.2, -0.15) is 4.31 Å². The van der Waals surface area contributed by atoms with Crippen molar-refractivity contribution in [2.75, 3.05) is 14.2 Å². The molecule has 1 N–H and O–H groups in total. The van der Waals surface area contributed by atoms with Crippen molar-refractivity contribution in [2.45, 2.75) is 30.4 Å². The average Bonchev–Trinajstić information content (AvgIpc) is 3.20. The Hall–Kier alpha value is -0.820. The number of rotatable bonds is 5. The summed E-state index contributed by atoms with van der Waals surface area (Å²) in [7, 11) is -0.740. The zero-order chi connectivity index (χ0) is 14.2. The van der Waals surface area contributed by atoms with Crippen molar-refractivity contribution >= 4 is 21.6 Å². The van der Waals surface area contributed by atoms with Crippen LogP contribution in [-0.2, 0) is 16.6 Å². The fourth-order valence-electron chi connectivity index (χ4n) is 1.95. The molecule has 19 heavy (non-hydrogen) atoms. The lowest BCUT2D eigenvalue weighted by Crippen LogP contribution is -2.29. The standard InChI is InChI=1S/C12H16ClNO4S/c1-14(10-3-4-10)19(16,17)11-6-9(13)5-8(7-15)12(11)18-2/h5-6,10,15H,3-4,7H2,1-2H3. The maximum absolute atomic E-state index is 12.5. The molecule has 0 radical (unpaired) electrons. The molecule has 1 aromatic rings. The number of aliphatic hydroxyl groups excluding tert-OH is 1. The first-order chi connectivity index (χ1) is 8.91. The molecule has 2 rings (SSSR count). The molecule has 0 aliphatic heterocycles. The molecule has 0 atom stereocenters. The molecule has 0 bridgehead atoms. The Labute approximate surface area is 117 Å². The first-order valence-electron chi connectivity index (χ1n) is 5.87. The van der Waals surface area contributed by atoms with Gasteiger partial charge in [0.15, 0.2) is 0 Å². The Balaban J connectivity index is 2.57. The molecular formula is C12H16ClNO4S. The van der Waals surface area contributed by atoms with Gasteiger partial charge in [0, 0.05) is 23.7 Å². The number of halogens is 1. The second kappa shape index (κ2) is 5.28. The molecule has 0 amide bonds. The molecule has 106 valence electrons. The van der Waals surface area contributed by atoms with Gasteiger partial charge in [0.25, 0.3) is 0 Å². The molecule has 1 aromatic carbocycles. The molecule has 0 saturated heterocycles. The second-order valence-corrected chi connectivity index (χ2v) is 6.91. The minimum atomic E-state index is -3.66. The Morgan fingerprint density at radius 2 is 2.11 bits per heavy atom. The minimum absolute atomic E-state index is 0.000880. The molecule has 1 aliphatic carbocycles. The van der Waals surface area contributed by atoms with Crippen molar-refractivity contribution in [2.24, 2.45) is 0 Å². The molecule has 1 saturated carbocycles. The molecule has 0 heterocycles. The van der Waals surface area contributed by atoms with Crippen molar-refractivity contribution in [1.29, 1.82) is 0 Å². The smallest absolute Gasteiger partial charge is 0.246 e. The first kappa shape index (κ1) is 14.6. The van der Waals surface area contributed by atoms with Crippen LogP contribution < -0.4 is 4.74 Å². The largest absolute Gasteiger partial charge is 0.495 e. The molecule has 0 unspecified atom stereocenters. The third-order valence-corrected chi connectivity index (χ3v) is 5.32. The van der Waals surface area contributed by atoms with E-state index in [0.717, 1.165) is 12.8 Å². The summed E-state index contributed by atoms with van der Waals surface area (Å²) in [5.74, 6) is 0.152. The number of hydrogen-bond acceptors (Lipinski definition) is 4. The van der Waals surface area contributed by atoms with E-state index in [0.29, 0.717) is 5.56 Å². The second-order valence-electron chi connectivity index (χ2n) is 4.51.